The normalized spacial score (nSPS) is 20.0. The summed E-state index contributed by atoms with van der Waals surface area (Å²) in [6, 6.07) is 5.35. The van der Waals surface area contributed by atoms with Crippen LogP contribution in [0.4, 0.5) is 0 Å². The molecule has 0 aliphatic carbocycles. The van der Waals surface area contributed by atoms with Gasteiger partial charge in [-0.1, -0.05) is 19.1 Å². The highest BCUT2D eigenvalue weighted by Gasteiger charge is 2.36. The highest BCUT2D eigenvalue weighted by molar-refractivity contribution is 7.91. The van der Waals surface area contributed by atoms with Gasteiger partial charge in [-0.3, -0.25) is 4.79 Å². The molecule has 2 rings (SSSR count). The first-order chi connectivity index (χ1) is 11.7. The molecule has 1 saturated heterocycles. The molecule has 0 aromatic heterocycles. The van der Waals surface area contributed by atoms with Crippen LogP contribution in [0.25, 0.3) is 0 Å². The van der Waals surface area contributed by atoms with Crippen LogP contribution in [0.2, 0.25) is 0 Å². The van der Waals surface area contributed by atoms with Crippen molar-refractivity contribution >= 4 is 21.7 Å². The summed E-state index contributed by atoms with van der Waals surface area (Å²) in [6.45, 7) is 3.25. The number of hydrogen-bond acceptors (Lipinski definition) is 6. The van der Waals surface area contributed by atoms with E-state index in [1.165, 1.54) is 17.0 Å². The number of benzene rings is 1. The molecule has 1 amide bonds. The zero-order valence-corrected chi connectivity index (χ0v) is 15.2. The first kappa shape index (κ1) is 19.2. The maximum absolute atomic E-state index is 12.6. The molecule has 0 unspecified atom stereocenters. The number of hydrogen-bond donors (Lipinski definition) is 1. The van der Waals surface area contributed by atoms with Gasteiger partial charge in [0.05, 0.1) is 11.5 Å². The average molecular weight is 369 g/mol. The standard InChI is InChI=1S/C17H23NO6S/c1-3-12(2)18(13-8-9-25(22,23)11-13)16(20)10-24-17(21)14-6-4-5-7-15(14)19/h4-7,12-13,19H,3,8-11H2,1-2H3/t12-,13+/m0/s1. The van der Waals surface area contributed by atoms with E-state index in [-0.39, 0.29) is 28.9 Å². The number of aromatic hydroxyl groups is 1. The van der Waals surface area contributed by atoms with Crippen molar-refractivity contribution in [2.45, 2.75) is 38.8 Å². The molecule has 138 valence electrons. The number of esters is 1. The predicted molar refractivity (Wildman–Crippen MR) is 92.0 cm³/mol. The Hall–Kier alpha value is -2.09. The first-order valence-corrected chi connectivity index (χ1v) is 10.0. The van der Waals surface area contributed by atoms with Crippen LogP contribution in [0.15, 0.2) is 24.3 Å². The molecule has 1 aliphatic heterocycles. The molecular weight excluding hydrogens is 346 g/mol. The van der Waals surface area contributed by atoms with E-state index in [2.05, 4.69) is 0 Å². The van der Waals surface area contributed by atoms with E-state index in [9.17, 15) is 23.1 Å². The van der Waals surface area contributed by atoms with Gasteiger partial charge < -0.3 is 14.7 Å². The lowest BCUT2D eigenvalue weighted by Gasteiger charge is -2.33. The fraction of sp³-hybridized carbons (Fsp3) is 0.529. The molecule has 25 heavy (non-hydrogen) atoms. The van der Waals surface area contributed by atoms with Crippen molar-refractivity contribution in [3.8, 4) is 5.75 Å². The van der Waals surface area contributed by atoms with Crippen LogP contribution < -0.4 is 0 Å². The zero-order chi connectivity index (χ0) is 18.6. The molecule has 1 aliphatic rings. The smallest absolute Gasteiger partial charge is 0.342 e. The topological polar surface area (TPSA) is 101 Å². The minimum atomic E-state index is -3.13. The van der Waals surface area contributed by atoms with Crippen molar-refractivity contribution in [1.82, 2.24) is 4.90 Å². The summed E-state index contributed by atoms with van der Waals surface area (Å²) in [5, 5.41) is 9.65. The molecule has 1 heterocycles. The van der Waals surface area contributed by atoms with Crippen LogP contribution in [0.1, 0.15) is 37.0 Å². The maximum Gasteiger partial charge on any atom is 0.342 e. The quantitative estimate of drug-likeness (QED) is 0.760. The molecule has 0 saturated carbocycles. The lowest BCUT2D eigenvalue weighted by atomic mass is 10.1. The van der Waals surface area contributed by atoms with Crippen molar-refractivity contribution in [2.75, 3.05) is 18.1 Å². The minimum absolute atomic E-state index is 0.0196. The second-order valence-corrected chi connectivity index (χ2v) is 8.44. The number of phenolic OH excluding ortho intramolecular Hbond substituents is 1. The predicted octanol–water partition coefficient (Wildman–Crippen LogP) is 1.36. The van der Waals surface area contributed by atoms with Crippen LogP contribution in [0, 0.1) is 0 Å². The Bertz CT molecular complexity index is 745. The van der Waals surface area contributed by atoms with Crippen LogP contribution in [0.3, 0.4) is 0 Å². The van der Waals surface area contributed by atoms with Gasteiger partial charge in [0, 0.05) is 12.1 Å². The van der Waals surface area contributed by atoms with Gasteiger partial charge in [0.1, 0.15) is 11.3 Å². The summed E-state index contributed by atoms with van der Waals surface area (Å²) in [6.07, 6.45) is 1.06. The van der Waals surface area contributed by atoms with Crippen molar-refractivity contribution in [1.29, 1.82) is 0 Å². The third kappa shape index (κ3) is 4.72. The monoisotopic (exact) mass is 369 g/mol. The Kier molecular flexibility index (Phi) is 6.05. The molecule has 2 atom stereocenters. The van der Waals surface area contributed by atoms with Crippen LogP contribution in [-0.4, -0.2) is 60.5 Å². The van der Waals surface area contributed by atoms with Gasteiger partial charge in [-0.25, -0.2) is 13.2 Å². The molecule has 1 fully saturated rings. The molecule has 0 radical (unpaired) electrons. The molecule has 1 aromatic carbocycles. The van der Waals surface area contributed by atoms with E-state index in [1.54, 1.807) is 12.1 Å². The summed E-state index contributed by atoms with van der Waals surface area (Å²) in [7, 11) is -3.13. The van der Waals surface area contributed by atoms with Gasteiger partial charge in [0.15, 0.2) is 16.4 Å². The number of nitrogens with zero attached hydrogens (tertiary/aromatic N) is 1. The van der Waals surface area contributed by atoms with Crippen LogP contribution >= 0.6 is 0 Å². The van der Waals surface area contributed by atoms with Gasteiger partial charge in [-0.2, -0.15) is 0 Å². The Labute approximate surface area is 147 Å². The Morgan fingerprint density at radius 2 is 2.04 bits per heavy atom. The highest BCUT2D eigenvalue weighted by atomic mass is 32.2. The Morgan fingerprint density at radius 3 is 2.60 bits per heavy atom. The van der Waals surface area contributed by atoms with Gasteiger partial charge >= 0.3 is 5.97 Å². The second-order valence-electron chi connectivity index (χ2n) is 6.21. The van der Waals surface area contributed by atoms with Crippen molar-refractivity contribution in [3.05, 3.63) is 29.8 Å². The Morgan fingerprint density at radius 1 is 1.36 bits per heavy atom. The van der Waals surface area contributed by atoms with E-state index in [1.807, 2.05) is 13.8 Å². The molecule has 0 spiro atoms. The van der Waals surface area contributed by atoms with Crippen molar-refractivity contribution < 1.29 is 27.9 Å². The van der Waals surface area contributed by atoms with E-state index < -0.39 is 34.4 Å². The first-order valence-electron chi connectivity index (χ1n) is 8.22. The van der Waals surface area contributed by atoms with Gasteiger partial charge in [0.25, 0.3) is 5.91 Å². The lowest BCUT2D eigenvalue weighted by Crippen LogP contribution is -2.48. The second kappa shape index (κ2) is 7.86. The number of carbonyl (C=O) groups is 2. The summed E-state index contributed by atoms with van der Waals surface area (Å²) >= 11 is 0. The zero-order valence-electron chi connectivity index (χ0n) is 14.3. The fourth-order valence-corrected chi connectivity index (χ4v) is 4.64. The van der Waals surface area contributed by atoms with E-state index in [0.717, 1.165) is 0 Å². The number of amides is 1. The van der Waals surface area contributed by atoms with Gasteiger partial charge in [-0.05, 0) is 31.9 Å². The third-order valence-corrected chi connectivity index (χ3v) is 6.16. The van der Waals surface area contributed by atoms with E-state index in [4.69, 9.17) is 4.74 Å². The molecule has 8 heteroatoms. The molecule has 1 aromatic rings. The van der Waals surface area contributed by atoms with E-state index >= 15 is 0 Å². The number of carbonyl (C=O) groups excluding carboxylic acids is 2. The van der Waals surface area contributed by atoms with Crippen LogP contribution in [0.5, 0.6) is 5.75 Å². The molecular formula is C17H23NO6S. The van der Waals surface area contributed by atoms with Gasteiger partial charge in [-0.15, -0.1) is 0 Å². The summed E-state index contributed by atoms with van der Waals surface area (Å²) in [4.78, 5) is 26.1. The SMILES string of the molecule is CC[C@H](C)N(C(=O)COC(=O)c1ccccc1O)[C@@H]1CCS(=O)(=O)C1. The summed E-state index contributed by atoms with van der Waals surface area (Å²) in [5.41, 5.74) is -0.0196. The van der Waals surface area contributed by atoms with E-state index in [0.29, 0.717) is 12.8 Å². The minimum Gasteiger partial charge on any atom is -0.507 e. The molecule has 7 nitrogen and oxygen atoms in total. The number of ether oxygens (including phenoxy) is 1. The number of phenols is 1. The molecule has 0 bridgehead atoms. The maximum atomic E-state index is 12.6. The fourth-order valence-electron chi connectivity index (χ4n) is 2.93. The number of sulfone groups is 1. The number of para-hydroxylation sites is 1. The number of rotatable bonds is 6. The lowest BCUT2D eigenvalue weighted by molar-refractivity contribution is -0.138. The highest BCUT2D eigenvalue weighted by Crippen LogP contribution is 2.22. The van der Waals surface area contributed by atoms with Crippen LogP contribution in [-0.2, 0) is 19.4 Å². The summed E-state index contributed by atoms with van der Waals surface area (Å²) in [5.74, 6) is -1.44. The molecule has 1 N–H and O–H groups in total. The van der Waals surface area contributed by atoms with Crippen molar-refractivity contribution in [2.24, 2.45) is 0 Å². The van der Waals surface area contributed by atoms with Crippen molar-refractivity contribution in [3.63, 3.8) is 0 Å². The largest absolute Gasteiger partial charge is 0.507 e. The van der Waals surface area contributed by atoms with Gasteiger partial charge in [0.2, 0.25) is 0 Å². The average Bonchev–Trinajstić information content (AvgIpc) is 2.92. The third-order valence-electron chi connectivity index (χ3n) is 4.41. The summed E-state index contributed by atoms with van der Waals surface area (Å²) < 4.78 is 28.5. The Balaban J connectivity index is 2.05.